The zero-order chi connectivity index (χ0) is 58.1. The molecule has 0 aliphatic carbocycles. The van der Waals surface area contributed by atoms with Crippen LogP contribution in [0.25, 0.3) is 0 Å². The molecule has 0 radical (unpaired) electrons. The average molecular weight is 1170 g/mol. The normalized spacial score (nSPS) is 53.9. The number of aliphatic hydroxyl groups excluding tert-OH is 21. The van der Waals surface area contributed by atoms with Crippen LogP contribution in [0.15, 0.2) is 0 Å². The molecule has 0 aromatic heterocycles. The topological polar surface area (TPSA) is 554 Å². The maximum Gasteiger partial charge on any atom is 0.187 e. The van der Waals surface area contributed by atoms with E-state index in [1.54, 1.807) is 6.92 Å². The van der Waals surface area contributed by atoms with Gasteiger partial charge < -0.3 is 174 Å². The minimum atomic E-state index is -2.15. The Kier molecular flexibility index (Phi) is 23.3. The van der Waals surface area contributed by atoms with Crippen LogP contribution in [-0.4, -0.2) is 369 Å². The number of ether oxygens (including phenoxy) is 14. The second kappa shape index (κ2) is 28.2. The van der Waals surface area contributed by atoms with Gasteiger partial charge in [0.25, 0.3) is 0 Å². The summed E-state index contributed by atoms with van der Waals surface area (Å²) in [7, 11) is 1.38. The van der Waals surface area contributed by atoms with E-state index in [9.17, 15) is 102 Å². The molecule has 35 heteroatoms. The molecule has 79 heavy (non-hydrogen) atoms. The second-order valence-corrected chi connectivity index (χ2v) is 20.1. The van der Waals surface area contributed by atoms with Gasteiger partial charge in [-0.3, -0.25) is 0 Å². The van der Waals surface area contributed by atoms with Crippen LogP contribution in [0.5, 0.6) is 0 Å². The zero-order valence-corrected chi connectivity index (χ0v) is 42.3. The molecule has 0 amide bonds. The van der Waals surface area contributed by atoms with Crippen molar-refractivity contribution >= 4 is 0 Å². The molecule has 14 unspecified atom stereocenters. The minimum Gasteiger partial charge on any atom is -0.394 e. The number of hydrogen-bond donors (Lipinski definition) is 21. The SMILES string of the molecule is CO[C@@H]1OC(CO)[C@@H](C)[C@H](O)C1O.OCC1O[C@@H]2O[C@@H]3C(CO)O[C@H](O[C@@H]4C(CO)O[C@H](O[C@@H]5C(CO)O[C@H](O[C@@H]6C(CO)O[C@H](O[C@@H]7C(CO)O[C@H](O[C@H]1[C@H](O)C2O)C(O)[C@H]7O)C(O)[C@H]6O)C(O)[C@H]5O)C(O)[C@H]4O)C(O)[C@H]3O. The lowest BCUT2D eigenvalue weighted by Crippen LogP contribution is -2.69. The molecule has 21 N–H and O–H groups in total. The highest BCUT2D eigenvalue weighted by molar-refractivity contribution is 5.01. The van der Waals surface area contributed by atoms with E-state index in [0.717, 1.165) is 0 Å². The third-order valence-corrected chi connectivity index (χ3v) is 15.1. The van der Waals surface area contributed by atoms with Crippen LogP contribution in [0, 0.1) is 5.92 Å². The van der Waals surface area contributed by atoms with Gasteiger partial charge in [0.2, 0.25) is 0 Å². The van der Waals surface area contributed by atoms with Crippen molar-refractivity contribution in [3.63, 3.8) is 0 Å². The van der Waals surface area contributed by atoms with Crippen LogP contribution < -0.4 is 0 Å². The smallest absolute Gasteiger partial charge is 0.187 e. The second-order valence-electron chi connectivity index (χ2n) is 20.1. The van der Waals surface area contributed by atoms with Crippen molar-refractivity contribution in [3.05, 3.63) is 0 Å². The van der Waals surface area contributed by atoms with E-state index >= 15 is 0 Å². The van der Waals surface area contributed by atoms with Gasteiger partial charge in [-0.15, -0.1) is 0 Å². The Balaban J connectivity index is 0.000000609. The summed E-state index contributed by atoms with van der Waals surface area (Å²) in [5.74, 6) is -0.300. The van der Waals surface area contributed by atoms with Crippen LogP contribution >= 0.6 is 0 Å². The third-order valence-electron chi connectivity index (χ3n) is 15.1. The van der Waals surface area contributed by atoms with E-state index < -0.39 is 248 Å². The number of aliphatic hydroxyl groups is 21. The number of methoxy groups -OCH3 is 1. The molecule has 0 saturated carbocycles. The van der Waals surface area contributed by atoms with Gasteiger partial charge in [-0.1, -0.05) is 6.92 Å². The Morgan fingerprint density at radius 1 is 0.241 bits per heavy atom. The molecule has 23 heterocycles. The van der Waals surface area contributed by atoms with Crippen molar-refractivity contribution in [1.82, 2.24) is 0 Å². The molecule has 23 fully saturated rings. The molecular weight excluding hydrogens is 1090 g/mol. The highest BCUT2D eigenvalue weighted by atomic mass is 16.8. The molecule has 23 aliphatic heterocycles. The first-order valence-electron chi connectivity index (χ1n) is 25.4. The van der Waals surface area contributed by atoms with Crippen molar-refractivity contribution in [2.45, 2.75) is 216 Å². The summed E-state index contributed by atoms with van der Waals surface area (Å²) in [6, 6.07) is 0. The molecule has 23 rings (SSSR count). The van der Waals surface area contributed by atoms with Crippen LogP contribution in [0.4, 0.5) is 0 Å². The van der Waals surface area contributed by atoms with Gasteiger partial charge in [-0.2, -0.15) is 0 Å². The summed E-state index contributed by atoms with van der Waals surface area (Å²) < 4.78 is 77.9. The maximum atomic E-state index is 11.2. The monoisotopic (exact) mass is 1160 g/mol. The van der Waals surface area contributed by atoms with E-state index in [0.29, 0.717) is 0 Å². The fourth-order valence-corrected chi connectivity index (χ4v) is 10.4. The zero-order valence-electron chi connectivity index (χ0n) is 42.3. The molecule has 23 saturated heterocycles. The van der Waals surface area contributed by atoms with E-state index in [-0.39, 0.29) is 12.5 Å². The lowest BCUT2D eigenvalue weighted by atomic mass is 9.91. The van der Waals surface area contributed by atoms with Crippen molar-refractivity contribution < 1.29 is 174 Å². The lowest BCUT2D eigenvalue weighted by molar-refractivity contribution is -0.404. The van der Waals surface area contributed by atoms with Crippen molar-refractivity contribution in [2.75, 3.05) is 53.4 Å². The predicted molar refractivity (Wildman–Crippen MR) is 240 cm³/mol. The van der Waals surface area contributed by atoms with E-state index in [1.165, 1.54) is 7.11 Å². The summed E-state index contributed by atoms with van der Waals surface area (Å²) in [6.07, 6.45) is -61.8. The standard InChI is InChI=1S/C36H60O30.C8H16O5/c37-1-7-25-13(43)19(49)31(55-7)62-26-8(2-38)57-33(21(51)15(26)45)64-28-10(4-40)59-35(23(53)17(28)47)66-30-12(6-42)60-36(24(54)18(30)48)65-29-11(5-41)58-34(22(52)16(29)46)63-27-9(3-39)56-32(61-25)20(50)14(27)44;1-4-5(3-9)13-8(12-2)7(11)6(4)10/h7-54H,1-6H2;4-11H,3H2,1-2H3/t7?,8?,9?,10?,11?,12?,13-,14-,15-,16-,17-,18-,19?,20?,21?,22?,23?,24?,25-,26-,27-,28-,29-,30-,31-,32-,33-,34-,35-,36-;4-,5?,6+,7?,8-/m11/s1. The van der Waals surface area contributed by atoms with Crippen LogP contribution in [-0.2, 0) is 66.3 Å². The summed E-state index contributed by atoms with van der Waals surface area (Å²) in [5, 5.41) is 223. The Morgan fingerprint density at radius 2 is 0.430 bits per heavy atom. The first-order valence-corrected chi connectivity index (χ1v) is 25.4. The fourth-order valence-electron chi connectivity index (χ4n) is 10.4. The van der Waals surface area contributed by atoms with E-state index in [1.807, 2.05) is 0 Å². The third kappa shape index (κ3) is 13.4. The van der Waals surface area contributed by atoms with Crippen LogP contribution in [0.1, 0.15) is 6.92 Å². The highest BCUT2D eigenvalue weighted by Crippen LogP contribution is 2.38. The van der Waals surface area contributed by atoms with Gasteiger partial charge in [-0.25, -0.2) is 0 Å². The van der Waals surface area contributed by atoms with E-state index in [2.05, 4.69) is 0 Å². The lowest BCUT2D eigenvalue weighted by Gasteiger charge is -2.50. The summed E-state index contributed by atoms with van der Waals surface area (Å²) in [6.45, 7) is -4.47. The quantitative estimate of drug-likeness (QED) is 0.107. The molecule has 35 atom stereocenters. The summed E-state index contributed by atoms with van der Waals surface area (Å²) in [5.41, 5.74) is 0. The van der Waals surface area contributed by atoms with Gasteiger partial charge in [0.1, 0.15) is 153 Å². The van der Waals surface area contributed by atoms with Crippen LogP contribution in [0.2, 0.25) is 0 Å². The Bertz CT molecular complexity index is 1530. The molecule has 12 bridgehead atoms. The van der Waals surface area contributed by atoms with Crippen molar-refractivity contribution in [3.8, 4) is 0 Å². The van der Waals surface area contributed by atoms with Crippen LogP contribution in [0.3, 0.4) is 0 Å². The number of rotatable bonds is 8. The molecule has 35 nitrogen and oxygen atoms in total. The van der Waals surface area contributed by atoms with Gasteiger partial charge in [0.05, 0.1) is 58.5 Å². The Hall–Kier alpha value is -1.40. The minimum absolute atomic E-state index is 0.190. The summed E-state index contributed by atoms with van der Waals surface area (Å²) in [4.78, 5) is 0. The van der Waals surface area contributed by atoms with Gasteiger partial charge >= 0.3 is 0 Å². The van der Waals surface area contributed by atoms with Crippen molar-refractivity contribution in [1.29, 1.82) is 0 Å². The first-order chi connectivity index (χ1) is 37.5. The molecule has 0 aromatic carbocycles. The average Bonchev–Trinajstić information content (AvgIpc) is 3.48. The maximum absolute atomic E-state index is 11.2. The molecule has 0 aromatic rings. The molecule has 0 spiro atoms. The first kappa shape index (κ1) is 65.1. The predicted octanol–water partition coefficient (Wildman–Crippen LogP) is -14.3. The Morgan fingerprint density at radius 3 is 0.595 bits per heavy atom. The molecular formula is C44H76O35. The fraction of sp³-hybridized carbons (Fsp3) is 1.00. The van der Waals surface area contributed by atoms with Gasteiger partial charge in [0, 0.05) is 13.0 Å². The van der Waals surface area contributed by atoms with Crippen molar-refractivity contribution in [2.24, 2.45) is 5.92 Å². The van der Waals surface area contributed by atoms with Gasteiger partial charge in [-0.05, 0) is 0 Å². The summed E-state index contributed by atoms with van der Waals surface area (Å²) >= 11 is 0. The van der Waals surface area contributed by atoms with Gasteiger partial charge in [0.15, 0.2) is 44.0 Å². The highest BCUT2D eigenvalue weighted by Gasteiger charge is 2.59. The molecule has 23 aliphatic rings. The largest absolute Gasteiger partial charge is 0.394 e. The van der Waals surface area contributed by atoms with E-state index in [4.69, 9.17) is 71.4 Å². The Labute approximate surface area is 448 Å². The number of hydrogen-bond acceptors (Lipinski definition) is 35. The molecule has 462 valence electrons.